The lowest BCUT2D eigenvalue weighted by molar-refractivity contribution is 0.414. The van der Waals surface area contributed by atoms with Gasteiger partial charge >= 0.3 is 0 Å². The number of halogens is 2. The molecule has 1 heterocycles. The van der Waals surface area contributed by atoms with Crippen molar-refractivity contribution in [1.82, 2.24) is 4.90 Å². The Morgan fingerprint density at radius 3 is 2.47 bits per heavy atom. The Morgan fingerprint density at radius 2 is 2.00 bits per heavy atom. The smallest absolute Gasteiger partial charge is 0.191 e. The number of nitrogens with zero attached hydrogens (tertiary/aromatic N) is 2. The molecule has 15 heavy (non-hydrogen) atoms. The summed E-state index contributed by atoms with van der Waals surface area (Å²) in [6, 6.07) is 5.52. The van der Waals surface area contributed by atoms with Crippen LogP contribution in [-0.2, 0) is 0 Å². The number of benzene rings is 1. The molecule has 0 radical (unpaired) electrons. The van der Waals surface area contributed by atoms with E-state index in [-0.39, 0.29) is 6.04 Å². The Hall–Kier alpha value is -0.930. The second kappa shape index (κ2) is 3.91. The van der Waals surface area contributed by atoms with E-state index in [9.17, 15) is 0 Å². The number of rotatable bonds is 1. The van der Waals surface area contributed by atoms with E-state index in [1.807, 2.05) is 30.1 Å². The number of hydrogen-bond donors (Lipinski definition) is 1. The van der Waals surface area contributed by atoms with Crippen molar-refractivity contribution in [2.45, 2.75) is 6.04 Å². The molecule has 0 fully saturated rings. The fourth-order valence-corrected chi connectivity index (χ4v) is 2.34. The Morgan fingerprint density at radius 1 is 1.40 bits per heavy atom. The van der Waals surface area contributed by atoms with Gasteiger partial charge in [-0.2, -0.15) is 0 Å². The van der Waals surface area contributed by atoms with E-state index in [1.54, 1.807) is 0 Å². The first kappa shape index (κ1) is 10.6. The maximum absolute atomic E-state index is 6.12. The van der Waals surface area contributed by atoms with Crippen molar-refractivity contribution in [3.63, 3.8) is 0 Å². The van der Waals surface area contributed by atoms with E-state index in [1.165, 1.54) is 0 Å². The van der Waals surface area contributed by atoms with Gasteiger partial charge in [-0.1, -0.05) is 29.3 Å². The molecular formula is C10H11Cl2N3. The molecule has 0 saturated heterocycles. The van der Waals surface area contributed by atoms with Gasteiger partial charge in [-0.15, -0.1) is 0 Å². The second-order valence-electron chi connectivity index (χ2n) is 3.46. The summed E-state index contributed by atoms with van der Waals surface area (Å²) in [5.41, 5.74) is 6.59. The molecule has 0 saturated carbocycles. The van der Waals surface area contributed by atoms with Crippen LogP contribution in [0.15, 0.2) is 23.2 Å². The van der Waals surface area contributed by atoms with Gasteiger partial charge in [-0.05, 0) is 12.1 Å². The third-order valence-corrected chi connectivity index (χ3v) is 3.25. The average molecular weight is 244 g/mol. The van der Waals surface area contributed by atoms with Crippen LogP contribution in [-0.4, -0.2) is 24.5 Å². The first-order valence-corrected chi connectivity index (χ1v) is 5.33. The Kier molecular flexibility index (Phi) is 2.76. The molecule has 1 unspecified atom stereocenters. The zero-order valence-electron chi connectivity index (χ0n) is 8.24. The van der Waals surface area contributed by atoms with Gasteiger partial charge < -0.3 is 10.6 Å². The summed E-state index contributed by atoms with van der Waals surface area (Å²) >= 11 is 12.2. The van der Waals surface area contributed by atoms with Crippen LogP contribution in [0.2, 0.25) is 10.0 Å². The molecule has 1 atom stereocenters. The minimum absolute atomic E-state index is 0.0474. The summed E-state index contributed by atoms with van der Waals surface area (Å²) in [6.07, 6.45) is 0. The number of aliphatic imine (C=N–C) groups is 1. The van der Waals surface area contributed by atoms with Gasteiger partial charge in [0.2, 0.25) is 0 Å². The van der Waals surface area contributed by atoms with E-state index >= 15 is 0 Å². The van der Waals surface area contributed by atoms with E-state index in [4.69, 9.17) is 28.9 Å². The third kappa shape index (κ3) is 1.77. The van der Waals surface area contributed by atoms with E-state index in [0.29, 0.717) is 22.5 Å². The number of guanidine groups is 1. The monoisotopic (exact) mass is 243 g/mol. The van der Waals surface area contributed by atoms with Crippen LogP contribution in [0, 0.1) is 0 Å². The van der Waals surface area contributed by atoms with Crippen LogP contribution >= 0.6 is 23.2 Å². The minimum atomic E-state index is 0.0474. The molecule has 0 bridgehead atoms. The summed E-state index contributed by atoms with van der Waals surface area (Å²) < 4.78 is 0. The van der Waals surface area contributed by atoms with E-state index in [2.05, 4.69) is 4.99 Å². The molecule has 1 aliphatic rings. The van der Waals surface area contributed by atoms with Gasteiger partial charge in [0.1, 0.15) is 0 Å². The van der Waals surface area contributed by atoms with Crippen molar-refractivity contribution in [2.75, 3.05) is 13.6 Å². The van der Waals surface area contributed by atoms with Gasteiger partial charge in [-0.25, -0.2) is 0 Å². The zero-order valence-corrected chi connectivity index (χ0v) is 9.76. The van der Waals surface area contributed by atoms with Gasteiger partial charge in [-0.3, -0.25) is 4.99 Å². The molecule has 1 aliphatic heterocycles. The fourth-order valence-electron chi connectivity index (χ4n) is 1.69. The molecule has 1 aromatic rings. The normalized spacial score (nSPS) is 20.6. The average Bonchev–Trinajstić information content (AvgIpc) is 2.49. The first-order valence-electron chi connectivity index (χ1n) is 4.58. The largest absolute Gasteiger partial charge is 0.370 e. The minimum Gasteiger partial charge on any atom is -0.370 e. The standard InChI is InChI=1S/C10H11Cl2N3/c1-15-8(5-14-10(15)13)9-6(11)3-2-4-7(9)12/h2-4,8H,5H2,1H3,(H2,13,14). The van der Waals surface area contributed by atoms with Gasteiger partial charge in [0, 0.05) is 22.7 Å². The van der Waals surface area contributed by atoms with Crippen molar-refractivity contribution in [1.29, 1.82) is 0 Å². The van der Waals surface area contributed by atoms with Crippen LogP contribution in [0.25, 0.3) is 0 Å². The lowest BCUT2D eigenvalue weighted by Gasteiger charge is -2.23. The molecule has 2 N–H and O–H groups in total. The summed E-state index contributed by atoms with van der Waals surface area (Å²) in [7, 11) is 1.89. The first-order chi connectivity index (χ1) is 7.11. The molecular weight excluding hydrogens is 233 g/mol. The highest BCUT2D eigenvalue weighted by molar-refractivity contribution is 6.36. The van der Waals surface area contributed by atoms with Crippen LogP contribution in [0.3, 0.4) is 0 Å². The molecule has 5 heteroatoms. The van der Waals surface area contributed by atoms with Gasteiger partial charge in [0.05, 0.1) is 12.6 Å². The van der Waals surface area contributed by atoms with Crippen molar-refractivity contribution < 1.29 is 0 Å². The second-order valence-corrected chi connectivity index (χ2v) is 4.28. The molecule has 0 aromatic heterocycles. The van der Waals surface area contributed by atoms with Crippen molar-refractivity contribution in [3.8, 4) is 0 Å². The SMILES string of the molecule is CN1C(N)=NCC1c1c(Cl)cccc1Cl. The summed E-state index contributed by atoms with van der Waals surface area (Å²) in [4.78, 5) is 6.04. The lowest BCUT2D eigenvalue weighted by atomic mass is 10.1. The number of likely N-dealkylation sites (N-methyl/N-ethyl adjacent to an activating group) is 1. The van der Waals surface area contributed by atoms with Crippen LogP contribution < -0.4 is 5.73 Å². The molecule has 3 nitrogen and oxygen atoms in total. The van der Waals surface area contributed by atoms with Gasteiger partial charge in [0.25, 0.3) is 0 Å². The third-order valence-electron chi connectivity index (χ3n) is 2.59. The molecule has 0 amide bonds. The maximum Gasteiger partial charge on any atom is 0.191 e. The van der Waals surface area contributed by atoms with Crippen molar-refractivity contribution in [2.24, 2.45) is 10.7 Å². The predicted molar refractivity (Wildman–Crippen MR) is 63.5 cm³/mol. The lowest BCUT2D eigenvalue weighted by Crippen LogP contribution is -2.32. The van der Waals surface area contributed by atoms with E-state index < -0.39 is 0 Å². The molecule has 80 valence electrons. The zero-order chi connectivity index (χ0) is 11.0. The summed E-state index contributed by atoms with van der Waals surface area (Å²) in [5.74, 6) is 0.524. The molecule has 2 rings (SSSR count). The Labute approximate surface area is 98.5 Å². The molecule has 0 spiro atoms. The van der Waals surface area contributed by atoms with Gasteiger partial charge in [0.15, 0.2) is 5.96 Å². The van der Waals surface area contributed by atoms with Crippen molar-refractivity contribution >= 4 is 29.2 Å². The maximum atomic E-state index is 6.12. The summed E-state index contributed by atoms with van der Waals surface area (Å²) in [5, 5.41) is 1.31. The van der Waals surface area contributed by atoms with E-state index in [0.717, 1.165) is 5.56 Å². The highest BCUT2D eigenvalue weighted by Crippen LogP contribution is 2.34. The highest BCUT2D eigenvalue weighted by Gasteiger charge is 2.27. The molecule has 1 aromatic carbocycles. The fraction of sp³-hybridized carbons (Fsp3) is 0.300. The van der Waals surface area contributed by atoms with Crippen LogP contribution in [0.5, 0.6) is 0 Å². The number of nitrogens with two attached hydrogens (primary N) is 1. The topological polar surface area (TPSA) is 41.6 Å². The quantitative estimate of drug-likeness (QED) is 0.823. The predicted octanol–water partition coefficient (Wildman–Crippen LogP) is 2.29. The molecule has 0 aliphatic carbocycles. The Bertz CT molecular complexity index is 397. The highest BCUT2D eigenvalue weighted by atomic mass is 35.5. The van der Waals surface area contributed by atoms with Crippen LogP contribution in [0.4, 0.5) is 0 Å². The van der Waals surface area contributed by atoms with Crippen molar-refractivity contribution in [3.05, 3.63) is 33.8 Å². The summed E-state index contributed by atoms with van der Waals surface area (Å²) in [6.45, 7) is 0.603. The Balaban J connectivity index is 2.40. The number of hydrogen-bond acceptors (Lipinski definition) is 3. The van der Waals surface area contributed by atoms with Crippen LogP contribution in [0.1, 0.15) is 11.6 Å².